The van der Waals surface area contributed by atoms with E-state index in [1.165, 1.54) is 23.7 Å². The number of benzene rings is 1. The Hall–Kier alpha value is -1.94. The quantitative estimate of drug-likeness (QED) is 0.600. The second kappa shape index (κ2) is 8.17. The smallest absolute Gasteiger partial charge is 0.344 e. The first-order chi connectivity index (χ1) is 12.5. The number of carbonyl (C=O) groups excluding carboxylic acids is 1. The number of thioether (sulfide) groups is 1. The highest BCUT2D eigenvalue weighted by molar-refractivity contribution is 8.26. The van der Waals surface area contributed by atoms with Gasteiger partial charge in [-0.1, -0.05) is 36.1 Å². The van der Waals surface area contributed by atoms with Gasteiger partial charge in [0.25, 0.3) is 5.91 Å². The molecule has 2 saturated heterocycles. The molecule has 1 aromatic carbocycles. The number of aliphatic carboxylic acids is 1. The van der Waals surface area contributed by atoms with Gasteiger partial charge in [-0.05, 0) is 30.7 Å². The average molecular weight is 394 g/mol. The van der Waals surface area contributed by atoms with E-state index in [2.05, 4.69) is 0 Å². The van der Waals surface area contributed by atoms with Crippen LogP contribution in [0.1, 0.15) is 12.5 Å². The number of ether oxygens (including phenoxy) is 2. The van der Waals surface area contributed by atoms with Crippen molar-refractivity contribution in [3.63, 3.8) is 0 Å². The molecule has 138 valence electrons. The van der Waals surface area contributed by atoms with Gasteiger partial charge in [0.1, 0.15) is 5.75 Å². The third-order valence-corrected chi connectivity index (χ3v) is 5.14. The molecule has 1 amide bonds. The maximum absolute atomic E-state index is 12.7. The molecule has 1 atom stereocenters. The van der Waals surface area contributed by atoms with Crippen LogP contribution in [0.5, 0.6) is 5.75 Å². The molecule has 2 fully saturated rings. The Kier molecular flexibility index (Phi) is 5.92. The van der Waals surface area contributed by atoms with Crippen LogP contribution in [0, 0.1) is 0 Å². The number of carboxylic acid groups (broad SMARTS) is 1. The van der Waals surface area contributed by atoms with Gasteiger partial charge in [0.15, 0.2) is 10.4 Å². The highest BCUT2D eigenvalue weighted by Crippen LogP contribution is 2.34. The maximum Gasteiger partial charge on any atom is 0.344 e. The molecular formula is C17H18N2O5S2. The minimum atomic E-state index is -1.04. The third-order valence-electron chi connectivity index (χ3n) is 3.86. The van der Waals surface area contributed by atoms with Crippen LogP contribution < -0.4 is 4.74 Å². The Bertz CT molecular complexity index is 761. The van der Waals surface area contributed by atoms with Gasteiger partial charge in [-0.15, -0.1) is 0 Å². The topological polar surface area (TPSA) is 79.3 Å². The number of morpholine rings is 1. The van der Waals surface area contributed by atoms with E-state index in [4.69, 9.17) is 26.8 Å². The summed E-state index contributed by atoms with van der Waals surface area (Å²) in [7, 11) is 0. The molecular weight excluding hydrogens is 376 g/mol. The molecule has 9 heteroatoms. The van der Waals surface area contributed by atoms with E-state index >= 15 is 0 Å². The van der Waals surface area contributed by atoms with E-state index < -0.39 is 12.1 Å². The predicted molar refractivity (Wildman–Crippen MR) is 102 cm³/mol. The molecule has 0 bridgehead atoms. The maximum atomic E-state index is 12.7. The molecule has 0 spiro atoms. The van der Waals surface area contributed by atoms with Gasteiger partial charge in [-0.2, -0.15) is 0 Å². The number of carbonyl (C=O) groups is 2. The number of hydrogen-bond donors (Lipinski definition) is 1. The number of rotatable bonds is 5. The van der Waals surface area contributed by atoms with Crippen molar-refractivity contribution < 1.29 is 24.2 Å². The van der Waals surface area contributed by atoms with Gasteiger partial charge in [0.05, 0.1) is 18.1 Å². The second-order valence-corrected chi connectivity index (χ2v) is 7.41. The molecule has 0 aromatic heterocycles. The highest BCUT2D eigenvalue weighted by Gasteiger charge is 2.36. The van der Waals surface area contributed by atoms with Crippen LogP contribution in [0.3, 0.4) is 0 Å². The summed E-state index contributed by atoms with van der Waals surface area (Å²) in [6, 6.07) is 6.94. The van der Waals surface area contributed by atoms with Crippen LogP contribution in [-0.4, -0.2) is 63.7 Å². The number of thiocarbonyl (C=S) groups is 1. The zero-order valence-corrected chi connectivity index (χ0v) is 15.7. The lowest BCUT2D eigenvalue weighted by Gasteiger charge is -2.33. The van der Waals surface area contributed by atoms with E-state index in [-0.39, 0.29) is 5.91 Å². The Balaban J connectivity index is 1.76. The molecule has 0 radical (unpaired) electrons. The molecule has 1 N–H and O–H groups in total. The van der Waals surface area contributed by atoms with E-state index in [9.17, 15) is 9.59 Å². The third kappa shape index (κ3) is 4.24. The van der Waals surface area contributed by atoms with Gasteiger partial charge < -0.3 is 14.6 Å². The van der Waals surface area contributed by atoms with Crippen molar-refractivity contribution in [2.45, 2.75) is 13.0 Å². The summed E-state index contributed by atoms with van der Waals surface area (Å²) >= 11 is 6.60. The summed E-state index contributed by atoms with van der Waals surface area (Å²) in [5.41, 5.74) is 0.738. The summed E-state index contributed by atoms with van der Waals surface area (Å²) in [6.07, 6.45) is 0.780. The Morgan fingerprint density at radius 1 is 1.42 bits per heavy atom. The fourth-order valence-corrected chi connectivity index (χ4v) is 3.85. The molecule has 7 nitrogen and oxygen atoms in total. The molecule has 26 heavy (non-hydrogen) atoms. The van der Waals surface area contributed by atoms with Crippen molar-refractivity contribution in [3.8, 4) is 5.75 Å². The van der Waals surface area contributed by atoms with Crippen LogP contribution in [0.15, 0.2) is 29.2 Å². The van der Waals surface area contributed by atoms with Crippen molar-refractivity contribution in [2.75, 3.05) is 26.3 Å². The normalized spacial score (nSPS) is 21.3. The van der Waals surface area contributed by atoms with E-state index in [1.54, 1.807) is 24.3 Å². The molecule has 3 rings (SSSR count). The van der Waals surface area contributed by atoms with Gasteiger partial charge in [0.2, 0.25) is 0 Å². The van der Waals surface area contributed by atoms with Gasteiger partial charge in [-0.25, -0.2) is 14.8 Å². The van der Waals surface area contributed by atoms with Crippen molar-refractivity contribution in [1.82, 2.24) is 10.0 Å². The van der Waals surface area contributed by atoms with Crippen molar-refractivity contribution in [2.24, 2.45) is 0 Å². The molecule has 0 aliphatic carbocycles. The summed E-state index contributed by atoms with van der Waals surface area (Å²) in [4.78, 5) is 24.2. The first kappa shape index (κ1) is 18.8. The standard InChI is InChI=1S/C17H18N2O5S2/c1-11(16(21)22)24-13-4-2-3-12(9-13)10-14-15(20)19(17(25)26-14)18-5-7-23-8-6-18/h2-4,9-11H,5-8H2,1H3,(H,21,22)/b14-10+. The summed E-state index contributed by atoms with van der Waals surface area (Å²) in [5, 5.41) is 12.4. The van der Waals surface area contributed by atoms with Crippen LogP contribution in [-0.2, 0) is 14.3 Å². The van der Waals surface area contributed by atoms with Crippen LogP contribution >= 0.6 is 24.0 Å². The highest BCUT2D eigenvalue weighted by atomic mass is 32.2. The molecule has 2 heterocycles. The molecule has 0 saturated carbocycles. The minimum Gasteiger partial charge on any atom is -0.479 e. The largest absolute Gasteiger partial charge is 0.479 e. The lowest BCUT2D eigenvalue weighted by Crippen LogP contribution is -2.50. The first-order valence-corrected chi connectivity index (χ1v) is 9.28. The van der Waals surface area contributed by atoms with E-state index in [1.807, 2.05) is 11.1 Å². The van der Waals surface area contributed by atoms with Gasteiger partial charge in [-0.3, -0.25) is 4.79 Å². The lowest BCUT2D eigenvalue weighted by molar-refractivity contribution is -0.144. The van der Waals surface area contributed by atoms with Gasteiger partial charge >= 0.3 is 5.97 Å². The van der Waals surface area contributed by atoms with Crippen molar-refractivity contribution >= 4 is 46.3 Å². The average Bonchev–Trinajstić information content (AvgIpc) is 2.89. The summed E-state index contributed by atoms with van der Waals surface area (Å²) in [6.45, 7) is 3.84. The zero-order valence-electron chi connectivity index (χ0n) is 14.1. The number of hydrogen-bond acceptors (Lipinski definition) is 7. The zero-order chi connectivity index (χ0) is 18.7. The van der Waals surface area contributed by atoms with E-state index in [0.717, 1.165) is 5.56 Å². The Labute approximate surface area is 160 Å². The Morgan fingerprint density at radius 3 is 2.85 bits per heavy atom. The number of amides is 1. The lowest BCUT2D eigenvalue weighted by atomic mass is 10.2. The SMILES string of the molecule is CC(Oc1cccc(/C=C2/SC(=S)N(N3CCOCC3)C2=O)c1)C(=O)O. The number of carboxylic acids is 1. The molecule has 1 aromatic rings. The fourth-order valence-electron chi connectivity index (χ4n) is 2.54. The van der Waals surface area contributed by atoms with Crippen molar-refractivity contribution in [3.05, 3.63) is 34.7 Å². The number of nitrogens with zero attached hydrogens (tertiary/aromatic N) is 2. The fraction of sp³-hybridized carbons (Fsp3) is 0.353. The molecule has 1 unspecified atom stereocenters. The predicted octanol–water partition coefficient (Wildman–Crippen LogP) is 1.99. The first-order valence-electron chi connectivity index (χ1n) is 8.06. The van der Waals surface area contributed by atoms with Crippen LogP contribution in [0.2, 0.25) is 0 Å². The molecule has 2 aliphatic rings. The summed E-state index contributed by atoms with van der Waals surface area (Å²) in [5.74, 6) is -0.772. The van der Waals surface area contributed by atoms with Crippen LogP contribution in [0.25, 0.3) is 6.08 Å². The van der Waals surface area contributed by atoms with Gasteiger partial charge in [0, 0.05) is 13.1 Å². The minimum absolute atomic E-state index is 0.160. The second-order valence-electron chi connectivity index (χ2n) is 5.73. The monoisotopic (exact) mass is 394 g/mol. The number of hydrazine groups is 1. The molecule has 2 aliphatic heterocycles. The Morgan fingerprint density at radius 2 is 2.15 bits per heavy atom. The van der Waals surface area contributed by atoms with E-state index in [0.29, 0.717) is 41.3 Å². The summed E-state index contributed by atoms with van der Waals surface area (Å²) < 4.78 is 11.2. The van der Waals surface area contributed by atoms with Crippen molar-refractivity contribution in [1.29, 1.82) is 0 Å². The van der Waals surface area contributed by atoms with Crippen LogP contribution in [0.4, 0.5) is 0 Å².